The second-order valence-electron chi connectivity index (χ2n) is 2.63. The molecule has 0 aromatic carbocycles. The first-order valence-electron chi connectivity index (χ1n) is 3.81. The number of nitrogens with zero attached hydrogens (tertiary/aromatic N) is 1. The second-order valence-corrected chi connectivity index (χ2v) is 2.63. The van der Waals surface area contributed by atoms with E-state index in [2.05, 4.69) is 4.74 Å². The molecule has 0 aliphatic rings. The van der Waals surface area contributed by atoms with Crippen LogP contribution < -0.4 is 10.3 Å². The van der Waals surface area contributed by atoms with Gasteiger partial charge in [-0.15, -0.1) is 0 Å². The highest BCUT2D eigenvalue weighted by Gasteiger charge is 2.14. The van der Waals surface area contributed by atoms with Gasteiger partial charge in [-0.05, 0) is 12.1 Å². The highest BCUT2D eigenvalue weighted by Crippen LogP contribution is 2.11. The Hall–Kier alpha value is -1.92. The lowest BCUT2D eigenvalue weighted by Gasteiger charge is -2.09. The Labute approximate surface area is 82.5 Å². The molecule has 0 aliphatic heterocycles. The average molecular weight is 219 g/mol. The van der Waals surface area contributed by atoms with Crippen LogP contribution in [0.2, 0.25) is 0 Å². The van der Waals surface area contributed by atoms with Crippen molar-refractivity contribution in [3.05, 3.63) is 28.0 Å². The van der Waals surface area contributed by atoms with Crippen LogP contribution in [0.4, 0.5) is 8.78 Å². The number of carboxylic acid groups (broad SMARTS) is 1. The van der Waals surface area contributed by atoms with E-state index < -0.39 is 23.7 Å². The van der Waals surface area contributed by atoms with Gasteiger partial charge < -0.3 is 9.84 Å². The number of carbonyl (C=O) groups is 1. The molecule has 0 fully saturated rings. The van der Waals surface area contributed by atoms with Crippen molar-refractivity contribution in [1.29, 1.82) is 0 Å². The van der Waals surface area contributed by atoms with E-state index in [1.807, 2.05) is 0 Å². The summed E-state index contributed by atoms with van der Waals surface area (Å²) in [4.78, 5) is 21.8. The fourth-order valence-corrected chi connectivity index (χ4v) is 0.991. The number of pyridine rings is 1. The summed E-state index contributed by atoms with van der Waals surface area (Å²) in [7, 11) is 1.15. The summed E-state index contributed by atoms with van der Waals surface area (Å²) in [5, 5.41) is 8.56. The lowest BCUT2D eigenvalue weighted by atomic mass is 10.3. The molecule has 0 spiro atoms. The molecule has 0 amide bonds. The Kier molecular flexibility index (Phi) is 3.03. The van der Waals surface area contributed by atoms with Crippen LogP contribution in [0, 0.1) is 0 Å². The van der Waals surface area contributed by atoms with E-state index >= 15 is 0 Å². The van der Waals surface area contributed by atoms with Crippen LogP contribution in [0.3, 0.4) is 0 Å². The van der Waals surface area contributed by atoms with Gasteiger partial charge in [0.25, 0.3) is 5.56 Å². The number of hydrogen-bond acceptors (Lipinski definition) is 3. The molecule has 1 aromatic heterocycles. The van der Waals surface area contributed by atoms with E-state index in [0.29, 0.717) is 4.57 Å². The van der Waals surface area contributed by atoms with E-state index in [4.69, 9.17) is 5.11 Å². The maximum absolute atomic E-state index is 11.8. The molecule has 1 N–H and O–H groups in total. The Morgan fingerprint density at radius 2 is 2.13 bits per heavy atom. The molecule has 0 saturated carbocycles. The van der Waals surface area contributed by atoms with E-state index in [-0.39, 0.29) is 5.88 Å². The molecule has 0 aliphatic carbocycles. The van der Waals surface area contributed by atoms with Gasteiger partial charge in [0.05, 0.1) is 0 Å². The van der Waals surface area contributed by atoms with Crippen molar-refractivity contribution >= 4 is 5.97 Å². The molecule has 0 radical (unpaired) electrons. The smallest absolute Gasteiger partial charge is 0.388 e. The maximum atomic E-state index is 11.8. The Morgan fingerprint density at radius 3 is 2.60 bits per heavy atom. The van der Waals surface area contributed by atoms with Gasteiger partial charge in [-0.25, -0.2) is 4.79 Å². The standard InChI is InChI=1S/C8H7F2NO4/c1-11-5(15-8(9)10)3-2-4(6(11)12)7(13)14/h2-3,8H,1H3,(H,13,14). The van der Waals surface area contributed by atoms with Crippen molar-refractivity contribution in [2.45, 2.75) is 6.61 Å². The summed E-state index contributed by atoms with van der Waals surface area (Å²) in [5.74, 6) is -1.81. The molecule has 0 atom stereocenters. The van der Waals surface area contributed by atoms with Crippen LogP contribution in [0.5, 0.6) is 5.88 Å². The number of alkyl halides is 2. The molecule has 1 aromatic rings. The van der Waals surface area contributed by atoms with Crippen LogP contribution in [0.1, 0.15) is 10.4 Å². The molecule has 7 heteroatoms. The highest BCUT2D eigenvalue weighted by atomic mass is 19.3. The number of aromatic nitrogens is 1. The van der Waals surface area contributed by atoms with Crippen LogP contribution in [-0.2, 0) is 7.05 Å². The number of halogens is 2. The zero-order chi connectivity index (χ0) is 11.6. The van der Waals surface area contributed by atoms with Crippen LogP contribution in [0.15, 0.2) is 16.9 Å². The fraction of sp³-hybridized carbons (Fsp3) is 0.250. The predicted molar refractivity (Wildman–Crippen MR) is 45.3 cm³/mol. The van der Waals surface area contributed by atoms with E-state index in [0.717, 1.165) is 19.2 Å². The second kappa shape index (κ2) is 4.07. The summed E-state index contributed by atoms with van der Waals surface area (Å²) in [6.07, 6.45) is 0. The molecule has 82 valence electrons. The molecule has 5 nitrogen and oxygen atoms in total. The van der Waals surface area contributed by atoms with Gasteiger partial charge in [0, 0.05) is 7.05 Å². The minimum absolute atomic E-state index is 0.389. The van der Waals surface area contributed by atoms with Gasteiger partial charge in [0.2, 0.25) is 5.88 Å². The zero-order valence-electron chi connectivity index (χ0n) is 7.61. The quantitative estimate of drug-likeness (QED) is 0.811. The van der Waals surface area contributed by atoms with Crippen molar-refractivity contribution < 1.29 is 23.4 Å². The van der Waals surface area contributed by atoms with Crippen LogP contribution in [-0.4, -0.2) is 22.3 Å². The maximum Gasteiger partial charge on any atom is 0.388 e. The molecule has 0 bridgehead atoms. The molecule has 15 heavy (non-hydrogen) atoms. The molecule has 1 rings (SSSR count). The number of aromatic carboxylic acids is 1. The Morgan fingerprint density at radius 1 is 1.53 bits per heavy atom. The first kappa shape index (κ1) is 11.2. The third kappa shape index (κ3) is 2.30. The largest absolute Gasteiger partial charge is 0.477 e. The van der Waals surface area contributed by atoms with Gasteiger partial charge in [-0.1, -0.05) is 0 Å². The van der Waals surface area contributed by atoms with Crippen LogP contribution >= 0.6 is 0 Å². The SMILES string of the molecule is Cn1c(OC(F)F)ccc(C(=O)O)c1=O. The average Bonchev–Trinajstić information content (AvgIpc) is 2.12. The third-order valence-corrected chi connectivity index (χ3v) is 1.70. The minimum atomic E-state index is -3.06. The van der Waals surface area contributed by atoms with E-state index in [1.165, 1.54) is 0 Å². The van der Waals surface area contributed by atoms with Crippen LogP contribution in [0.25, 0.3) is 0 Å². The molecule has 1 heterocycles. The lowest BCUT2D eigenvalue weighted by Crippen LogP contribution is -2.25. The topological polar surface area (TPSA) is 68.5 Å². The number of hydrogen-bond donors (Lipinski definition) is 1. The summed E-state index contributed by atoms with van der Waals surface area (Å²) in [6, 6.07) is 1.92. The first-order valence-corrected chi connectivity index (χ1v) is 3.81. The van der Waals surface area contributed by atoms with E-state index in [1.54, 1.807) is 0 Å². The van der Waals surface area contributed by atoms with Gasteiger partial charge in [-0.2, -0.15) is 8.78 Å². The van der Waals surface area contributed by atoms with Crippen molar-refractivity contribution in [2.24, 2.45) is 7.05 Å². The minimum Gasteiger partial charge on any atom is -0.477 e. The molecular formula is C8H7F2NO4. The monoisotopic (exact) mass is 219 g/mol. The number of carboxylic acids is 1. The Bertz CT molecular complexity index is 441. The summed E-state index contributed by atoms with van der Waals surface area (Å²) >= 11 is 0. The fourth-order valence-electron chi connectivity index (χ4n) is 0.991. The van der Waals surface area contributed by atoms with Crippen molar-refractivity contribution in [3.8, 4) is 5.88 Å². The molecule has 0 unspecified atom stereocenters. The predicted octanol–water partition coefficient (Wildman–Crippen LogP) is 0.685. The Balaban J connectivity index is 3.22. The van der Waals surface area contributed by atoms with Gasteiger partial charge in [0.15, 0.2) is 0 Å². The molecule has 0 saturated heterocycles. The number of rotatable bonds is 3. The van der Waals surface area contributed by atoms with Crippen molar-refractivity contribution in [3.63, 3.8) is 0 Å². The van der Waals surface area contributed by atoms with Gasteiger partial charge in [-0.3, -0.25) is 9.36 Å². The third-order valence-electron chi connectivity index (χ3n) is 1.70. The normalized spacial score (nSPS) is 10.4. The van der Waals surface area contributed by atoms with Crippen molar-refractivity contribution in [1.82, 2.24) is 4.57 Å². The molecular weight excluding hydrogens is 212 g/mol. The lowest BCUT2D eigenvalue weighted by molar-refractivity contribution is -0.0553. The highest BCUT2D eigenvalue weighted by molar-refractivity contribution is 5.87. The summed E-state index contributed by atoms with van der Waals surface area (Å²) in [6.45, 7) is -3.06. The number of ether oxygens (including phenoxy) is 1. The van der Waals surface area contributed by atoms with Gasteiger partial charge >= 0.3 is 12.6 Å². The van der Waals surface area contributed by atoms with E-state index in [9.17, 15) is 18.4 Å². The summed E-state index contributed by atoms with van der Waals surface area (Å²) in [5.41, 5.74) is -1.40. The zero-order valence-corrected chi connectivity index (χ0v) is 7.61. The van der Waals surface area contributed by atoms with Crippen molar-refractivity contribution in [2.75, 3.05) is 0 Å². The van der Waals surface area contributed by atoms with Gasteiger partial charge in [0.1, 0.15) is 5.56 Å². The first-order chi connectivity index (χ1) is 6.93. The summed E-state index contributed by atoms with van der Waals surface area (Å²) < 4.78 is 28.4.